The maximum Gasteiger partial charge on any atom is 0.281 e. The van der Waals surface area contributed by atoms with Crippen LogP contribution in [0.25, 0.3) is 4.85 Å². The number of carbonyl (C=O) groups is 2. The number of fused-ring (bicyclic) bond motifs is 7. The molecular formula is C32H49NO2. The highest BCUT2D eigenvalue weighted by Gasteiger charge is 2.73. The molecule has 0 bridgehead atoms. The molecule has 3 nitrogen and oxygen atoms in total. The Bertz CT molecular complexity index is 988. The Morgan fingerprint density at radius 3 is 2.14 bits per heavy atom. The smallest absolute Gasteiger partial charge is 0.281 e. The summed E-state index contributed by atoms with van der Waals surface area (Å²) >= 11 is 0. The minimum Gasteiger partial charge on any atom is -0.305 e. The van der Waals surface area contributed by atoms with Crippen LogP contribution >= 0.6 is 0 Å². The molecule has 3 heteroatoms. The van der Waals surface area contributed by atoms with Crippen LogP contribution < -0.4 is 0 Å². The second-order valence-corrected chi connectivity index (χ2v) is 15.8. The van der Waals surface area contributed by atoms with Crippen molar-refractivity contribution >= 4 is 11.6 Å². The van der Waals surface area contributed by atoms with Gasteiger partial charge >= 0.3 is 0 Å². The van der Waals surface area contributed by atoms with Gasteiger partial charge in [0.25, 0.3) is 6.04 Å². The summed E-state index contributed by atoms with van der Waals surface area (Å²) in [6, 6.07) is -0.549. The molecular weight excluding hydrogens is 430 g/mol. The minimum atomic E-state index is -0.549. The normalized spacial score (nSPS) is 52.4. The molecule has 0 saturated heterocycles. The first-order valence-electron chi connectivity index (χ1n) is 14.6. The SMILES string of the molecule is [C-]#[N+]C1C[C@]2(C)C3CC(=O)C4C5CC(C)(C)CC[C@]5(CC)CC[C@@]4(C)[C@]3(C)CC[C@H]2C(C)(C)C1=O. The summed E-state index contributed by atoms with van der Waals surface area (Å²) < 4.78 is 0. The van der Waals surface area contributed by atoms with Crippen molar-refractivity contribution in [2.75, 3.05) is 0 Å². The van der Waals surface area contributed by atoms with Crippen LogP contribution in [-0.4, -0.2) is 17.6 Å². The first-order valence-corrected chi connectivity index (χ1v) is 14.6. The predicted octanol–water partition coefficient (Wildman–Crippen LogP) is 7.92. The summed E-state index contributed by atoms with van der Waals surface area (Å²) in [7, 11) is 0. The number of hydrogen-bond donors (Lipinski definition) is 0. The van der Waals surface area contributed by atoms with Gasteiger partial charge in [0.1, 0.15) is 5.78 Å². The van der Waals surface area contributed by atoms with Crippen LogP contribution in [0.5, 0.6) is 0 Å². The van der Waals surface area contributed by atoms with Crippen molar-refractivity contribution in [3.63, 3.8) is 0 Å². The Morgan fingerprint density at radius 2 is 1.51 bits per heavy atom. The van der Waals surface area contributed by atoms with Crippen molar-refractivity contribution in [3.05, 3.63) is 11.4 Å². The molecule has 5 rings (SSSR count). The Hall–Kier alpha value is -1.17. The molecule has 0 aromatic rings. The van der Waals surface area contributed by atoms with E-state index in [-0.39, 0.29) is 39.8 Å². The molecule has 5 aliphatic carbocycles. The average molecular weight is 480 g/mol. The third kappa shape index (κ3) is 3.07. The van der Waals surface area contributed by atoms with Gasteiger partial charge in [0.2, 0.25) is 5.78 Å². The first-order chi connectivity index (χ1) is 16.1. The van der Waals surface area contributed by atoms with Crippen molar-refractivity contribution in [3.8, 4) is 0 Å². The fourth-order valence-electron chi connectivity index (χ4n) is 11.5. The molecule has 9 atom stereocenters. The lowest BCUT2D eigenvalue weighted by molar-refractivity contribution is -0.234. The predicted molar refractivity (Wildman–Crippen MR) is 141 cm³/mol. The van der Waals surface area contributed by atoms with Gasteiger partial charge in [-0.05, 0) is 89.8 Å². The van der Waals surface area contributed by atoms with Gasteiger partial charge in [-0.15, -0.1) is 0 Å². The lowest BCUT2D eigenvalue weighted by Gasteiger charge is -2.72. The van der Waals surface area contributed by atoms with E-state index >= 15 is 0 Å². The van der Waals surface area contributed by atoms with E-state index in [0.717, 1.165) is 19.3 Å². The number of Topliss-reactive ketones (excluding diaryl/α,β-unsaturated/α-hetero) is 2. The van der Waals surface area contributed by atoms with E-state index in [2.05, 4.69) is 60.2 Å². The van der Waals surface area contributed by atoms with E-state index < -0.39 is 11.5 Å². The fourth-order valence-corrected chi connectivity index (χ4v) is 11.5. The van der Waals surface area contributed by atoms with E-state index in [0.29, 0.717) is 35.4 Å². The number of nitrogens with zero attached hydrogens (tertiary/aromatic N) is 1. The molecule has 194 valence electrons. The molecule has 5 aliphatic rings. The Kier molecular flexibility index (Phi) is 5.42. The van der Waals surface area contributed by atoms with E-state index in [1.807, 2.05) is 0 Å². The molecule has 0 N–H and O–H groups in total. The molecule has 5 saturated carbocycles. The molecule has 0 spiro atoms. The second kappa shape index (κ2) is 7.45. The monoisotopic (exact) mass is 479 g/mol. The summed E-state index contributed by atoms with van der Waals surface area (Å²) in [4.78, 5) is 31.5. The van der Waals surface area contributed by atoms with Gasteiger partial charge < -0.3 is 4.85 Å². The van der Waals surface area contributed by atoms with Crippen molar-refractivity contribution in [2.45, 2.75) is 126 Å². The molecule has 0 amide bonds. The highest BCUT2D eigenvalue weighted by atomic mass is 16.1. The molecule has 5 fully saturated rings. The van der Waals surface area contributed by atoms with Crippen molar-refractivity contribution in [2.24, 2.45) is 56.2 Å². The zero-order valence-corrected chi connectivity index (χ0v) is 23.7. The van der Waals surface area contributed by atoms with Crippen LogP contribution in [0, 0.1) is 62.7 Å². The summed E-state index contributed by atoms with van der Waals surface area (Å²) in [5.74, 6) is 1.87. The van der Waals surface area contributed by atoms with Gasteiger partial charge in [-0.25, -0.2) is 6.57 Å². The highest BCUT2D eigenvalue weighted by Crippen LogP contribution is 2.76. The third-order valence-corrected chi connectivity index (χ3v) is 13.8. The summed E-state index contributed by atoms with van der Waals surface area (Å²) in [6.07, 6.45) is 10.9. The van der Waals surface area contributed by atoms with Gasteiger partial charge in [0, 0.05) is 24.2 Å². The third-order valence-electron chi connectivity index (χ3n) is 13.8. The van der Waals surface area contributed by atoms with Gasteiger partial charge in [0.05, 0.1) is 0 Å². The van der Waals surface area contributed by atoms with Crippen LogP contribution in [-0.2, 0) is 9.59 Å². The lowest BCUT2D eigenvalue weighted by Crippen LogP contribution is -2.69. The maximum absolute atomic E-state index is 14.4. The molecule has 0 aromatic heterocycles. The highest BCUT2D eigenvalue weighted by molar-refractivity contribution is 5.92. The van der Waals surface area contributed by atoms with E-state index in [4.69, 9.17) is 6.57 Å². The fraction of sp³-hybridized carbons (Fsp3) is 0.906. The van der Waals surface area contributed by atoms with Crippen LogP contribution in [0.4, 0.5) is 0 Å². The van der Waals surface area contributed by atoms with E-state index in [1.165, 1.54) is 32.1 Å². The lowest BCUT2D eigenvalue weighted by atomic mass is 9.31. The average Bonchev–Trinajstić information content (AvgIpc) is 2.77. The number of rotatable bonds is 1. The van der Waals surface area contributed by atoms with Gasteiger partial charge in [0.15, 0.2) is 0 Å². The number of hydrogen-bond acceptors (Lipinski definition) is 2. The van der Waals surface area contributed by atoms with E-state index in [9.17, 15) is 9.59 Å². The maximum atomic E-state index is 14.4. The molecule has 4 unspecified atom stereocenters. The quantitative estimate of drug-likeness (QED) is 0.358. The standard InChI is InChI=1S/C32H49NO2/c1-10-32-15-13-27(2,3)18-20(32)25-22(34)17-24-29(6)19-21(33-9)26(35)28(4,5)23(29)11-12-30(24,7)31(25,8)14-16-32/h20-21,23-25H,10-19H2,1-8H3/t20?,21?,23-,24?,25?,29-,30+,31+,32+/m0/s1. The Balaban J connectivity index is 1.60. The zero-order valence-electron chi connectivity index (χ0n) is 23.7. The van der Waals surface area contributed by atoms with Crippen molar-refractivity contribution in [1.82, 2.24) is 0 Å². The zero-order chi connectivity index (χ0) is 25.8. The first kappa shape index (κ1) is 25.5. The minimum absolute atomic E-state index is 0.0109. The molecule has 0 aliphatic heterocycles. The van der Waals surface area contributed by atoms with E-state index in [1.54, 1.807) is 0 Å². The van der Waals surface area contributed by atoms with Crippen LogP contribution in [0.2, 0.25) is 0 Å². The van der Waals surface area contributed by atoms with Crippen LogP contribution in [0.1, 0.15) is 120 Å². The molecule has 0 heterocycles. The van der Waals surface area contributed by atoms with Gasteiger partial charge in [-0.2, -0.15) is 0 Å². The topological polar surface area (TPSA) is 38.5 Å². The van der Waals surface area contributed by atoms with Crippen molar-refractivity contribution < 1.29 is 9.59 Å². The van der Waals surface area contributed by atoms with Crippen LogP contribution in [0.15, 0.2) is 0 Å². The van der Waals surface area contributed by atoms with Crippen molar-refractivity contribution in [1.29, 1.82) is 0 Å². The summed E-state index contributed by atoms with van der Waals surface area (Å²) in [5, 5.41) is 0. The van der Waals surface area contributed by atoms with Gasteiger partial charge in [-0.1, -0.05) is 61.8 Å². The van der Waals surface area contributed by atoms with Gasteiger partial charge in [-0.3, -0.25) is 9.59 Å². The number of carbonyl (C=O) groups excluding carboxylic acids is 2. The summed E-state index contributed by atoms with van der Waals surface area (Å²) in [6.45, 7) is 26.6. The molecule has 35 heavy (non-hydrogen) atoms. The largest absolute Gasteiger partial charge is 0.305 e. The van der Waals surface area contributed by atoms with Crippen LogP contribution in [0.3, 0.4) is 0 Å². The second-order valence-electron chi connectivity index (χ2n) is 15.8. The number of ketones is 2. The molecule has 0 aromatic carbocycles. The summed E-state index contributed by atoms with van der Waals surface area (Å²) in [5.41, 5.74) is 0.141. The molecule has 0 radical (unpaired) electrons. The Labute approximate surface area is 214 Å². The Morgan fingerprint density at radius 1 is 0.857 bits per heavy atom.